The fourth-order valence-corrected chi connectivity index (χ4v) is 1.81. The normalized spacial score (nSPS) is 12.7. The lowest BCUT2D eigenvalue weighted by molar-refractivity contribution is 0.174. The Morgan fingerprint density at radius 3 is 2.89 bits per heavy atom. The Morgan fingerprint density at radius 2 is 2.17 bits per heavy atom. The molecule has 0 bridgehead atoms. The predicted molar refractivity (Wildman–Crippen MR) is 64.8 cm³/mol. The van der Waals surface area contributed by atoms with E-state index in [1.54, 1.807) is 16.8 Å². The Kier molecular flexibility index (Phi) is 2.47. The third kappa shape index (κ3) is 1.92. The Balaban J connectivity index is 1.76. The molecule has 2 N–H and O–H groups in total. The van der Waals surface area contributed by atoms with E-state index in [-0.39, 0.29) is 12.5 Å². The van der Waals surface area contributed by atoms with Gasteiger partial charge in [0.1, 0.15) is 11.6 Å². The number of aryl methyl sites for hydroxylation is 1. The van der Waals surface area contributed by atoms with Gasteiger partial charge in [-0.2, -0.15) is 5.10 Å². The zero-order valence-electron chi connectivity index (χ0n) is 9.88. The number of phenols is 1. The molecule has 0 saturated heterocycles. The summed E-state index contributed by atoms with van der Waals surface area (Å²) in [5.41, 5.74) is 0.741. The van der Waals surface area contributed by atoms with Crippen molar-refractivity contribution in [3.05, 3.63) is 30.0 Å². The van der Waals surface area contributed by atoms with Crippen LogP contribution in [-0.2, 0) is 13.6 Å². The van der Waals surface area contributed by atoms with Crippen molar-refractivity contribution in [2.24, 2.45) is 7.05 Å². The topological polar surface area (TPSA) is 68.5 Å². The van der Waals surface area contributed by atoms with E-state index in [0.717, 1.165) is 11.4 Å². The molecule has 1 aliphatic rings. The van der Waals surface area contributed by atoms with Crippen molar-refractivity contribution >= 4 is 5.82 Å². The van der Waals surface area contributed by atoms with Crippen LogP contribution in [0.3, 0.4) is 0 Å². The van der Waals surface area contributed by atoms with Gasteiger partial charge in [-0.1, -0.05) is 0 Å². The van der Waals surface area contributed by atoms with Crippen LogP contribution in [0.4, 0.5) is 5.82 Å². The van der Waals surface area contributed by atoms with E-state index in [2.05, 4.69) is 10.4 Å². The molecule has 0 fully saturated rings. The van der Waals surface area contributed by atoms with E-state index >= 15 is 0 Å². The lowest BCUT2D eigenvalue weighted by Crippen LogP contribution is -2.01. The van der Waals surface area contributed by atoms with Crippen LogP contribution < -0.4 is 14.8 Å². The largest absolute Gasteiger partial charge is 0.507 e. The molecule has 6 nitrogen and oxygen atoms in total. The summed E-state index contributed by atoms with van der Waals surface area (Å²) < 4.78 is 12.2. The fourth-order valence-electron chi connectivity index (χ4n) is 1.81. The lowest BCUT2D eigenvalue weighted by Gasteiger charge is -2.07. The molecule has 6 heteroatoms. The van der Waals surface area contributed by atoms with Crippen LogP contribution in [0.25, 0.3) is 0 Å². The highest BCUT2D eigenvalue weighted by Crippen LogP contribution is 2.37. The highest BCUT2D eigenvalue weighted by atomic mass is 16.7. The number of aromatic nitrogens is 2. The SMILES string of the molecule is Cn1ccc(NCc2cc3c(cc2O)OCO3)n1. The quantitative estimate of drug-likeness (QED) is 0.859. The number of fused-ring (bicyclic) bond motifs is 1. The summed E-state index contributed by atoms with van der Waals surface area (Å²) >= 11 is 0. The van der Waals surface area contributed by atoms with E-state index in [1.807, 2.05) is 19.3 Å². The first-order valence-corrected chi connectivity index (χ1v) is 5.57. The average molecular weight is 247 g/mol. The third-order valence-electron chi connectivity index (χ3n) is 2.75. The molecule has 94 valence electrons. The van der Waals surface area contributed by atoms with Gasteiger partial charge in [-0.15, -0.1) is 0 Å². The highest BCUT2D eigenvalue weighted by Gasteiger charge is 2.16. The van der Waals surface area contributed by atoms with Gasteiger partial charge in [0, 0.05) is 37.5 Å². The van der Waals surface area contributed by atoms with Gasteiger partial charge in [0.25, 0.3) is 0 Å². The van der Waals surface area contributed by atoms with Crippen LogP contribution in [0.1, 0.15) is 5.56 Å². The molecule has 0 saturated carbocycles. The number of nitrogens with one attached hydrogen (secondary N) is 1. The van der Waals surface area contributed by atoms with Crippen molar-refractivity contribution in [1.82, 2.24) is 9.78 Å². The molecule has 2 aromatic rings. The van der Waals surface area contributed by atoms with E-state index in [0.29, 0.717) is 18.0 Å². The minimum atomic E-state index is 0.183. The molecular formula is C12H13N3O3. The highest BCUT2D eigenvalue weighted by molar-refractivity contribution is 5.52. The number of anilines is 1. The molecule has 0 spiro atoms. The van der Waals surface area contributed by atoms with E-state index in [4.69, 9.17) is 9.47 Å². The maximum atomic E-state index is 9.86. The molecule has 0 amide bonds. The zero-order chi connectivity index (χ0) is 12.5. The van der Waals surface area contributed by atoms with Crippen LogP contribution in [0.15, 0.2) is 24.4 Å². The van der Waals surface area contributed by atoms with Crippen molar-refractivity contribution in [2.75, 3.05) is 12.1 Å². The first-order valence-electron chi connectivity index (χ1n) is 5.57. The van der Waals surface area contributed by atoms with Crippen molar-refractivity contribution in [1.29, 1.82) is 0 Å². The van der Waals surface area contributed by atoms with Gasteiger partial charge in [0.15, 0.2) is 11.5 Å². The second-order valence-electron chi connectivity index (χ2n) is 4.06. The van der Waals surface area contributed by atoms with E-state index in [9.17, 15) is 5.11 Å². The van der Waals surface area contributed by atoms with Crippen LogP contribution in [-0.4, -0.2) is 21.7 Å². The second kappa shape index (κ2) is 4.14. The minimum absolute atomic E-state index is 0.183. The number of rotatable bonds is 3. The van der Waals surface area contributed by atoms with Gasteiger partial charge in [-0.3, -0.25) is 4.68 Å². The van der Waals surface area contributed by atoms with Crippen LogP contribution in [0.2, 0.25) is 0 Å². The summed E-state index contributed by atoms with van der Waals surface area (Å²) in [7, 11) is 1.85. The first-order chi connectivity index (χ1) is 8.72. The van der Waals surface area contributed by atoms with Gasteiger partial charge in [0.2, 0.25) is 6.79 Å². The Hall–Kier alpha value is -2.37. The lowest BCUT2D eigenvalue weighted by atomic mass is 10.1. The molecule has 1 aromatic carbocycles. The van der Waals surface area contributed by atoms with E-state index < -0.39 is 0 Å². The number of aromatic hydroxyl groups is 1. The third-order valence-corrected chi connectivity index (χ3v) is 2.75. The average Bonchev–Trinajstić information content (AvgIpc) is 2.94. The number of hydrogen-bond acceptors (Lipinski definition) is 5. The monoisotopic (exact) mass is 247 g/mol. The number of hydrogen-bond donors (Lipinski definition) is 2. The Bertz CT molecular complexity index is 580. The van der Waals surface area contributed by atoms with Crippen LogP contribution in [0, 0.1) is 0 Å². The van der Waals surface area contributed by atoms with Crippen molar-refractivity contribution in [3.8, 4) is 17.2 Å². The second-order valence-corrected chi connectivity index (χ2v) is 4.06. The number of ether oxygens (including phenoxy) is 2. The molecule has 1 aliphatic heterocycles. The maximum absolute atomic E-state index is 9.86. The fraction of sp³-hybridized carbons (Fsp3) is 0.250. The zero-order valence-corrected chi connectivity index (χ0v) is 9.88. The minimum Gasteiger partial charge on any atom is -0.507 e. The number of nitrogens with zero attached hydrogens (tertiary/aromatic N) is 2. The van der Waals surface area contributed by atoms with Crippen molar-refractivity contribution < 1.29 is 14.6 Å². The Labute approximate surface area is 104 Å². The molecule has 1 aromatic heterocycles. The standard InChI is InChI=1S/C12H13N3O3/c1-15-3-2-12(14-15)13-6-8-4-10-11(5-9(8)16)18-7-17-10/h2-5,16H,6-7H2,1H3,(H,13,14). The molecule has 2 heterocycles. The van der Waals surface area contributed by atoms with Gasteiger partial charge in [0.05, 0.1) is 0 Å². The molecule has 0 atom stereocenters. The molecular weight excluding hydrogens is 234 g/mol. The summed E-state index contributed by atoms with van der Waals surface area (Å²) in [5.74, 6) is 2.18. The van der Waals surface area contributed by atoms with Gasteiger partial charge in [-0.05, 0) is 6.07 Å². The van der Waals surface area contributed by atoms with Gasteiger partial charge >= 0.3 is 0 Å². The summed E-state index contributed by atoms with van der Waals surface area (Å²) in [6, 6.07) is 5.20. The molecule has 0 aliphatic carbocycles. The number of benzene rings is 1. The first kappa shape index (κ1) is 10.8. The summed E-state index contributed by atoms with van der Waals surface area (Å²) in [4.78, 5) is 0. The maximum Gasteiger partial charge on any atom is 0.231 e. The summed E-state index contributed by atoms with van der Waals surface area (Å²) in [6.07, 6.45) is 1.85. The number of phenolic OH excluding ortho intramolecular Hbond substituents is 1. The van der Waals surface area contributed by atoms with E-state index in [1.165, 1.54) is 0 Å². The molecule has 0 radical (unpaired) electrons. The van der Waals surface area contributed by atoms with Crippen LogP contribution in [0.5, 0.6) is 17.2 Å². The Morgan fingerprint density at radius 1 is 1.39 bits per heavy atom. The smallest absolute Gasteiger partial charge is 0.231 e. The van der Waals surface area contributed by atoms with Crippen molar-refractivity contribution in [2.45, 2.75) is 6.54 Å². The van der Waals surface area contributed by atoms with Crippen LogP contribution >= 0.6 is 0 Å². The molecule has 18 heavy (non-hydrogen) atoms. The summed E-state index contributed by atoms with van der Waals surface area (Å²) in [5, 5.41) is 17.2. The molecule has 3 rings (SSSR count). The van der Waals surface area contributed by atoms with Gasteiger partial charge < -0.3 is 19.9 Å². The predicted octanol–water partition coefficient (Wildman–Crippen LogP) is 1.47. The summed E-state index contributed by atoms with van der Waals surface area (Å²) in [6.45, 7) is 0.672. The molecule has 0 unspecified atom stereocenters. The van der Waals surface area contributed by atoms with Gasteiger partial charge in [-0.25, -0.2) is 0 Å². The van der Waals surface area contributed by atoms with Crippen molar-refractivity contribution in [3.63, 3.8) is 0 Å².